The SMILES string of the molecule is O=c1cc[nH]c(=O)n1CC1CCCC(F)(F)C1. The number of rotatable bonds is 2. The van der Waals surface area contributed by atoms with Crippen molar-refractivity contribution in [2.24, 2.45) is 5.92 Å². The molecular formula is C11H14F2N2O2. The van der Waals surface area contributed by atoms with Gasteiger partial charge in [0.1, 0.15) is 0 Å². The lowest BCUT2D eigenvalue weighted by atomic mass is 9.86. The van der Waals surface area contributed by atoms with Crippen LogP contribution in [0.2, 0.25) is 0 Å². The second kappa shape index (κ2) is 4.43. The molecule has 0 spiro atoms. The summed E-state index contributed by atoms with van der Waals surface area (Å²) in [7, 11) is 0. The molecule has 0 aliphatic heterocycles. The maximum Gasteiger partial charge on any atom is 0.328 e. The lowest BCUT2D eigenvalue weighted by Crippen LogP contribution is -2.38. The standard InChI is InChI=1S/C11H14F2N2O2/c12-11(13)4-1-2-8(6-11)7-15-9(16)3-5-14-10(15)17/h3,5,8H,1-2,4,6-7H2,(H,14,17). The van der Waals surface area contributed by atoms with Gasteiger partial charge >= 0.3 is 5.69 Å². The Balaban J connectivity index is 2.16. The van der Waals surface area contributed by atoms with Crippen LogP contribution in [0.3, 0.4) is 0 Å². The number of aromatic amines is 1. The molecule has 0 bridgehead atoms. The van der Waals surface area contributed by atoms with Crippen molar-refractivity contribution < 1.29 is 8.78 Å². The van der Waals surface area contributed by atoms with E-state index in [0.29, 0.717) is 12.8 Å². The largest absolute Gasteiger partial charge is 0.328 e. The van der Waals surface area contributed by atoms with E-state index in [1.54, 1.807) is 0 Å². The third kappa shape index (κ3) is 2.81. The Morgan fingerprint density at radius 3 is 2.88 bits per heavy atom. The molecule has 1 aromatic rings. The molecule has 0 amide bonds. The number of nitrogens with zero attached hydrogens (tertiary/aromatic N) is 1. The molecular weight excluding hydrogens is 230 g/mol. The summed E-state index contributed by atoms with van der Waals surface area (Å²) in [5.41, 5.74) is -0.978. The number of H-pyrrole nitrogens is 1. The van der Waals surface area contributed by atoms with Gasteiger partial charge in [-0.15, -0.1) is 0 Å². The topological polar surface area (TPSA) is 54.9 Å². The van der Waals surface area contributed by atoms with E-state index in [0.717, 1.165) is 4.57 Å². The molecule has 1 heterocycles. The van der Waals surface area contributed by atoms with E-state index in [-0.39, 0.29) is 25.3 Å². The Morgan fingerprint density at radius 1 is 1.47 bits per heavy atom. The average molecular weight is 244 g/mol. The Hall–Kier alpha value is -1.46. The van der Waals surface area contributed by atoms with Crippen LogP contribution >= 0.6 is 0 Å². The van der Waals surface area contributed by atoms with E-state index in [9.17, 15) is 18.4 Å². The van der Waals surface area contributed by atoms with Gasteiger partial charge in [-0.25, -0.2) is 13.6 Å². The number of aromatic nitrogens is 2. The highest BCUT2D eigenvalue weighted by molar-refractivity contribution is 4.85. The van der Waals surface area contributed by atoms with E-state index in [1.807, 2.05) is 0 Å². The zero-order chi connectivity index (χ0) is 12.5. The molecule has 1 fully saturated rings. The van der Waals surface area contributed by atoms with Crippen LogP contribution in [0.4, 0.5) is 8.78 Å². The Bertz CT molecular complexity index is 478. The zero-order valence-corrected chi connectivity index (χ0v) is 9.29. The first-order chi connectivity index (χ1) is 7.98. The van der Waals surface area contributed by atoms with Crippen LogP contribution in [0.15, 0.2) is 21.9 Å². The quantitative estimate of drug-likeness (QED) is 0.854. The van der Waals surface area contributed by atoms with Gasteiger partial charge < -0.3 is 4.98 Å². The summed E-state index contributed by atoms with van der Waals surface area (Å²) in [6.07, 6.45) is 2.00. The van der Waals surface area contributed by atoms with E-state index in [2.05, 4.69) is 4.98 Å². The fourth-order valence-electron chi connectivity index (χ4n) is 2.31. The van der Waals surface area contributed by atoms with E-state index >= 15 is 0 Å². The fraction of sp³-hybridized carbons (Fsp3) is 0.636. The summed E-state index contributed by atoms with van der Waals surface area (Å²) in [6.45, 7) is 0.0740. The monoisotopic (exact) mass is 244 g/mol. The van der Waals surface area contributed by atoms with Crippen molar-refractivity contribution in [2.45, 2.75) is 38.2 Å². The lowest BCUT2D eigenvalue weighted by Gasteiger charge is -2.28. The molecule has 1 unspecified atom stereocenters. The fourth-order valence-corrected chi connectivity index (χ4v) is 2.31. The number of hydrogen-bond donors (Lipinski definition) is 1. The van der Waals surface area contributed by atoms with Crippen molar-refractivity contribution >= 4 is 0 Å². The molecule has 6 heteroatoms. The number of alkyl halides is 2. The molecule has 2 rings (SSSR count). The average Bonchev–Trinajstić information content (AvgIpc) is 2.22. The maximum atomic E-state index is 13.2. The molecule has 17 heavy (non-hydrogen) atoms. The zero-order valence-electron chi connectivity index (χ0n) is 9.29. The molecule has 0 radical (unpaired) electrons. The Kier molecular flexibility index (Phi) is 3.13. The maximum absolute atomic E-state index is 13.2. The minimum atomic E-state index is -2.66. The van der Waals surface area contributed by atoms with Crippen LogP contribution in [0, 0.1) is 5.92 Å². The lowest BCUT2D eigenvalue weighted by molar-refractivity contribution is -0.0550. The Morgan fingerprint density at radius 2 is 2.24 bits per heavy atom. The molecule has 0 saturated heterocycles. The third-order valence-corrected chi connectivity index (χ3v) is 3.13. The molecule has 1 aliphatic carbocycles. The highest BCUT2D eigenvalue weighted by Gasteiger charge is 2.36. The number of nitrogens with one attached hydrogen (secondary N) is 1. The normalized spacial score (nSPS) is 23.5. The van der Waals surface area contributed by atoms with Gasteiger partial charge in [-0.2, -0.15) is 0 Å². The van der Waals surface area contributed by atoms with Gasteiger partial charge in [0.25, 0.3) is 5.56 Å². The van der Waals surface area contributed by atoms with Crippen LogP contribution in [0.5, 0.6) is 0 Å². The smallest absolute Gasteiger partial charge is 0.314 e. The van der Waals surface area contributed by atoms with Gasteiger partial charge in [-0.3, -0.25) is 9.36 Å². The van der Waals surface area contributed by atoms with Crippen LogP contribution < -0.4 is 11.2 Å². The first-order valence-electron chi connectivity index (χ1n) is 5.64. The van der Waals surface area contributed by atoms with Crippen LogP contribution in [-0.4, -0.2) is 15.5 Å². The first kappa shape index (κ1) is 12.0. The van der Waals surface area contributed by atoms with Crippen molar-refractivity contribution in [1.82, 2.24) is 9.55 Å². The van der Waals surface area contributed by atoms with Gasteiger partial charge in [0, 0.05) is 31.6 Å². The third-order valence-electron chi connectivity index (χ3n) is 3.13. The second-order valence-electron chi connectivity index (χ2n) is 4.55. The summed E-state index contributed by atoms with van der Waals surface area (Å²) in [6, 6.07) is 1.22. The summed E-state index contributed by atoms with van der Waals surface area (Å²) < 4.78 is 27.4. The molecule has 1 saturated carbocycles. The molecule has 4 nitrogen and oxygen atoms in total. The van der Waals surface area contributed by atoms with Crippen molar-refractivity contribution in [3.05, 3.63) is 33.1 Å². The molecule has 0 aromatic carbocycles. The van der Waals surface area contributed by atoms with Crippen LogP contribution in [0.25, 0.3) is 0 Å². The van der Waals surface area contributed by atoms with Crippen molar-refractivity contribution in [1.29, 1.82) is 0 Å². The van der Waals surface area contributed by atoms with Crippen molar-refractivity contribution in [3.63, 3.8) is 0 Å². The van der Waals surface area contributed by atoms with E-state index < -0.39 is 17.2 Å². The van der Waals surface area contributed by atoms with Crippen molar-refractivity contribution in [2.75, 3.05) is 0 Å². The summed E-state index contributed by atoms with van der Waals surface area (Å²) in [5.74, 6) is -2.96. The number of hydrogen-bond acceptors (Lipinski definition) is 2. The molecule has 1 N–H and O–H groups in total. The summed E-state index contributed by atoms with van der Waals surface area (Å²) >= 11 is 0. The highest BCUT2D eigenvalue weighted by atomic mass is 19.3. The Labute approximate surface area is 96.3 Å². The minimum absolute atomic E-state index is 0.0740. The molecule has 1 aliphatic rings. The summed E-state index contributed by atoms with van der Waals surface area (Å²) in [5, 5.41) is 0. The van der Waals surface area contributed by atoms with E-state index in [4.69, 9.17) is 0 Å². The summed E-state index contributed by atoms with van der Waals surface area (Å²) in [4.78, 5) is 25.2. The van der Waals surface area contributed by atoms with Gasteiger partial charge in [0.2, 0.25) is 5.92 Å². The predicted molar refractivity (Wildman–Crippen MR) is 58.2 cm³/mol. The molecule has 1 aromatic heterocycles. The molecule has 94 valence electrons. The van der Waals surface area contributed by atoms with Crippen molar-refractivity contribution in [3.8, 4) is 0 Å². The number of halogens is 2. The van der Waals surface area contributed by atoms with Gasteiger partial charge in [0.05, 0.1) is 0 Å². The van der Waals surface area contributed by atoms with Crippen LogP contribution in [-0.2, 0) is 6.54 Å². The van der Waals surface area contributed by atoms with Crippen LogP contribution in [0.1, 0.15) is 25.7 Å². The van der Waals surface area contributed by atoms with Gasteiger partial charge in [0.15, 0.2) is 0 Å². The molecule has 1 atom stereocenters. The minimum Gasteiger partial charge on any atom is -0.314 e. The second-order valence-corrected chi connectivity index (χ2v) is 4.55. The van der Waals surface area contributed by atoms with Gasteiger partial charge in [-0.1, -0.05) is 0 Å². The van der Waals surface area contributed by atoms with E-state index in [1.165, 1.54) is 12.3 Å². The highest BCUT2D eigenvalue weighted by Crippen LogP contribution is 2.36. The predicted octanol–water partition coefficient (Wildman–Crippen LogP) is 1.36. The first-order valence-corrected chi connectivity index (χ1v) is 5.64. The van der Waals surface area contributed by atoms with Gasteiger partial charge in [-0.05, 0) is 18.8 Å².